The molecule has 98 valence electrons. The number of hydrogen-bond donors (Lipinski definition) is 4. The maximum atomic E-state index is 11.6. The van der Waals surface area contributed by atoms with E-state index in [9.17, 15) is 9.59 Å². The smallest absolute Gasteiger partial charge is 0.265 e. The van der Waals surface area contributed by atoms with Gasteiger partial charge in [-0.1, -0.05) is 0 Å². The van der Waals surface area contributed by atoms with E-state index in [1.54, 1.807) is 24.3 Å². The summed E-state index contributed by atoms with van der Waals surface area (Å²) < 4.78 is 5.23. The molecule has 2 amide bonds. The number of rotatable bonds is 3. The van der Waals surface area contributed by atoms with E-state index in [1.807, 2.05) is 10.9 Å². The summed E-state index contributed by atoms with van der Waals surface area (Å²) in [7, 11) is 0. The van der Waals surface area contributed by atoms with Gasteiger partial charge in [-0.15, -0.1) is 0 Å². The molecule has 0 unspecified atom stereocenters. The normalized spacial score (nSPS) is 10.0. The Morgan fingerprint density at radius 3 is 2.00 bits per heavy atom. The maximum absolute atomic E-state index is 11.6. The zero-order valence-electron chi connectivity index (χ0n) is 9.84. The third-order valence-electron chi connectivity index (χ3n) is 2.53. The number of carbonyl (C=O) groups excluding carboxylic acids is 2. The van der Waals surface area contributed by atoms with Crippen LogP contribution in [0.15, 0.2) is 41.0 Å². The molecule has 7 heteroatoms. The van der Waals surface area contributed by atoms with Crippen LogP contribution in [0.3, 0.4) is 0 Å². The molecule has 1 aromatic heterocycles. The van der Waals surface area contributed by atoms with Crippen LogP contribution in [0.1, 0.15) is 20.7 Å². The Balaban J connectivity index is 2.55. The molecular formula is C12H12N4O3. The van der Waals surface area contributed by atoms with Gasteiger partial charge in [0.15, 0.2) is 0 Å². The van der Waals surface area contributed by atoms with Gasteiger partial charge < -0.3 is 4.42 Å². The Morgan fingerprint density at radius 2 is 1.58 bits per heavy atom. The lowest BCUT2D eigenvalue weighted by molar-refractivity contribution is 0.0953. The van der Waals surface area contributed by atoms with Crippen molar-refractivity contribution in [3.05, 3.63) is 47.7 Å². The molecule has 2 aromatic rings. The standard InChI is InChI=1S/C12H12N4O3/c13-15-11(17)8-4-7(10-2-1-3-19-10)5-9(6-8)12(18)16-14/h1-6H,13-14H2,(H,15,17)(H,16,18). The van der Waals surface area contributed by atoms with Crippen LogP contribution in [0.5, 0.6) is 0 Å². The van der Waals surface area contributed by atoms with Crippen LogP contribution in [0.2, 0.25) is 0 Å². The summed E-state index contributed by atoms with van der Waals surface area (Å²) in [6.45, 7) is 0. The predicted octanol–water partition coefficient (Wildman–Crippen LogP) is 0.154. The third kappa shape index (κ3) is 2.62. The Labute approximate surface area is 108 Å². The second-order valence-electron chi connectivity index (χ2n) is 3.72. The summed E-state index contributed by atoms with van der Waals surface area (Å²) in [5.41, 5.74) is 5.05. The van der Waals surface area contributed by atoms with E-state index in [2.05, 4.69) is 0 Å². The Bertz CT molecular complexity index is 573. The summed E-state index contributed by atoms with van der Waals surface area (Å²) in [6.07, 6.45) is 1.49. The van der Waals surface area contributed by atoms with Crippen molar-refractivity contribution < 1.29 is 14.0 Å². The maximum Gasteiger partial charge on any atom is 0.265 e. The predicted molar refractivity (Wildman–Crippen MR) is 67.5 cm³/mol. The second-order valence-corrected chi connectivity index (χ2v) is 3.72. The lowest BCUT2D eigenvalue weighted by Gasteiger charge is -2.07. The molecule has 0 bridgehead atoms. The molecule has 0 saturated carbocycles. The average Bonchev–Trinajstić information content (AvgIpc) is 2.99. The molecule has 0 spiro atoms. The molecule has 0 atom stereocenters. The molecule has 1 aromatic carbocycles. The van der Waals surface area contributed by atoms with Crippen LogP contribution >= 0.6 is 0 Å². The van der Waals surface area contributed by atoms with Crippen molar-refractivity contribution in [1.29, 1.82) is 0 Å². The Morgan fingerprint density at radius 1 is 1.00 bits per heavy atom. The molecule has 0 aliphatic rings. The van der Waals surface area contributed by atoms with Crippen molar-refractivity contribution >= 4 is 11.8 Å². The molecule has 0 fully saturated rings. The first-order chi connectivity index (χ1) is 9.15. The topological polar surface area (TPSA) is 123 Å². The van der Waals surface area contributed by atoms with Crippen molar-refractivity contribution in [2.75, 3.05) is 0 Å². The Hall–Kier alpha value is -2.64. The van der Waals surface area contributed by atoms with E-state index in [0.717, 1.165) is 0 Å². The van der Waals surface area contributed by atoms with Crippen LogP contribution in [0.25, 0.3) is 11.3 Å². The Kier molecular flexibility index (Phi) is 3.60. The van der Waals surface area contributed by atoms with E-state index in [-0.39, 0.29) is 11.1 Å². The SMILES string of the molecule is NNC(=O)c1cc(C(=O)NN)cc(-c2ccco2)c1. The van der Waals surface area contributed by atoms with E-state index < -0.39 is 11.8 Å². The summed E-state index contributed by atoms with van der Waals surface area (Å²) >= 11 is 0. The van der Waals surface area contributed by atoms with Gasteiger partial charge in [-0.05, 0) is 30.3 Å². The third-order valence-corrected chi connectivity index (χ3v) is 2.53. The van der Waals surface area contributed by atoms with Crippen molar-refractivity contribution in [1.82, 2.24) is 10.9 Å². The zero-order chi connectivity index (χ0) is 13.8. The molecule has 0 aliphatic heterocycles. The number of nitrogen functional groups attached to an aromatic ring is 2. The fourth-order valence-electron chi connectivity index (χ4n) is 1.64. The summed E-state index contributed by atoms with van der Waals surface area (Å²) in [5, 5.41) is 0. The van der Waals surface area contributed by atoms with Crippen LogP contribution in [-0.2, 0) is 0 Å². The lowest BCUT2D eigenvalue weighted by atomic mass is 10.0. The van der Waals surface area contributed by atoms with Crippen LogP contribution in [0, 0.1) is 0 Å². The molecule has 19 heavy (non-hydrogen) atoms. The summed E-state index contributed by atoms with van der Waals surface area (Å²) in [6, 6.07) is 7.93. The van der Waals surface area contributed by atoms with E-state index in [0.29, 0.717) is 11.3 Å². The van der Waals surface area contributed by atoms with Crippen LogP contribution in [-0.4, -0.2) is 11.8 Å². The van der Waals surface area contributed by atoms with Gasteiger partial charge in [0.1, 0.15) is 5.76 Å². The fourth-order valence-corrected chi connectivity index (χ4v) is 1.64. The number of amides is 2. The minimum absolute atomic E-state index is 0.231. The van der Waals surface area contributed by atoms with Gasteiger partial charge in [0, 0.05) is 16.7 Å². The van der Waals surface area contributed by atoms with Crippen LogP contribution < -0.4 is 22.5 Å². The highest BCUT2D eigenvalue weighted by Gasteiger charge is 2.13. The van der Waals surface area contributed by atoms with Crippen molar-refractivity contribution in [3.8, 4) is 11.3 Å². The molecule has 6 N–H and O–H groups in total. The summed E-state index contributed by atoms with van der Waals surface area (Å²) in [4.78, 5) is 23.1. The summed E-state index contributed by atoms with van der Waals surface area (Å²) in [5.74, 6) is 9.66. The minimum atomic E-state index is -0.514. The molecule has 1 heterocycles. The van der Waals surface area contributed by atoms with Crippen molar-refractivity contribution in [2.24, 2.45) is 11.7 Å². The second kappa shape index (κ2) is 5.34. The highest BCUT2D eigenvalue weighted by molar-refractivity contribution is 6.00. The number of nitrogens with one attached hydrogen (secondary N) is 2. The monoisotopic (exact) mass is 260 g/mol. The number of nitrogens with two attached hydrogens (primary N) is 2. The molecular weight excluding hydrogens is 248 g/mol. The number of benzene rings is 1. The van der Waals surface area contributed by atoms with Gasteiger partial charge in [0.2, 0.25) is 0 Å². The number of carbonyl (C=O) groups is 2. The average molecular weight is 260 g/mol. The zero-order valence-corrected chi connectivity index (χ0v) is 9.84. The van der Waals surface area contributed by atoms with Gasteiger partial charge in [-0.25, -0.2) is 11.7 Å². The highest BCUT2D eigenvalue weighted by Crippen LogP contribution is 2.23. The van der Waals surface area contributed by atoms with Gasteiger partial charge in [0.05, 0.1) is 6.26 Å². The van der Waals surface area contributed by atoms with Gasteiger partial charge >= 0.3 is 0 Å². The first kappa shape index (κ1) is 12.8. The number of hydrogen-bond acceptors (Lipinski definition) is 5. The first-order valence-electron chi connectivity index (χ1n) is 5.36. The largest absolute Gasteiger partial charge is 0.464 e. The van der Waals surface area contributed by atoms with Crippen molar-refractivity contribution in [2.45, 2.75) is 0 Å². The lowest BCUT2D eigenvalue weighted by Crippen LogP contribution is -2.32. The van der Waals surface area contributed by atoms with E-state index >= 15 is 0 Å². The van der Waals surface area contributed by atoms with Gasteiger partial charge in [-0.2, -0.15) is 0 Å². The minimum Gasteiger partial charge on any atom is -0.464 e. The quantitative estimate of drug-likeness (QED) is 0.355. The highest BCUT2D eigenvalue weighted by atomic mass is 16.3. The fraction of sp³-hybridized carbons (Fsp3) is 0. The van der Waals surface area contributed by atoms with Gasteiger partial charge in [-0.3, -0.25) is 20.4 Å². The molecule has 0 saturated heterocycles. The molecule has 0 radical (unpaired) electrons. The van der Waals surface area contributed by atoms with Crippen LogP contribution in [0.4, 0.5) is 0 Å². The molecule has 2 rings (SSSR count). The molecule has 7 nitrogen and oxygen atoms in total. The number of hydrazine groups is 2. The molecule has 0 aliphatic carbocycles. The number of furan rings is 1. The first-order valence-corrected chi connectivity index (χ1v) is 5.36. The van der Waals surface area contributed by atoms with E-state index in [1.165, 1.54) is 12.3 Å². The van der Waals surface area contributed by atoms with Crippen molar-refractivity contribution in [3.63, 3.8) is 0 Å². The van der Waals surface area contributed by atoms with E-state index in [4.69, 9.17) is 16.1 Å². The van der Waals surface area contributed by atoms with Gasteiger partial charge in [0.25, 0.3) is 11.8 Å².